The number of methoxy groups -OCH3 is 1. The van der Waals surface area contributed by atoms with Crippen LogP contribution in [0.25, 0.3) is 0 Å². The van der Waals surface area contributed by atoms with E-state index >= 15 is 0 Å². The second-order valence-corrected chi connectivity index (χ2v) is 8.59. The Kier molecular flexibility index (Phi) is 4.67. The first-order valence-electron chi connectivity index (χ1n) is 9.39. The predicted molar refractivity (Wildman–Crippen MR) is 99.0 cm³/mol. The maximum atomic E-state index is 12.5. The molecule has 0 radical (unpaired) electrons. The van der Waals surface area contributed by atoms with Crippen LogP contribution < -0.4 is 5.32 Å². The normalized spacial score (nSPS) is 27.8. The van der Waals surface area contributed by atoms with Crippen LogP contribution in [-0.2, 0) is 4.74 Å². The van der Waals surface area contributed by atoms with E-state index in [9.17, 15) is 4.79 Å². The molecule has 3 fully saturated rings. The van der Waals surface area contributed by atoms with Gasteiger partial charge in [-0.2, -0.15) is 0 Å². The zero-order valence-electron chi connectivity index (χ0n) is 14.8. The van der Waals surface area contributed by atoms with E-state index in [0.717, 1.165) is 43.5 Å². The molecule has 1 aromatic rings. The average molecular weight is 363 g/mol. The van der Waals surface area contributed by atoms with Crippen molar-refractivity contribution in [3.63, 3.8) is 0 Å². The molecule has 2 amide bonds. The molecule has 1 N–H and O–H groups in total. The van der Waals surface area contributed by atoms with Crippen molar-refractivity contribution in [1.29, 1.82) is 0 Å². The minimum absolute atomic E-state index is 0.0978. The van der Waals surface area contributed by atoms with Gasteiger partial charge in [0.25, 0.3) is 0 Å². The fraction of sp³-hybridized carbons (Fsp3) is 0.650. The maximum absolute atomic E-state index is 12.5. The second kappa shape index (κ2) is 6.81. The molecule has 4 nitrogen and oxygen atoms in total. The van der Waals surface area contributed by atoms with E-state index in [-0.39, 0.29) is 17.5 Å². The number of carbonyl (C=O) groups is 1. The van der Waals surface area contributed by atoms with Gasteiger partial charge in [0.2, 0.25) is 0 Å². The third-order valence-corrected chi connectivity index (χ3v) is 6.72. The molecule has 3 aliphatic rings. The Bertz CT molecular complexity index is 634. The molecule has 2 aliphatic carbocycles. The Labute approximate surface area is 154 Å². The van der Waals surface area contributed by atoms with Crippen LogP contribution in [0.4, 0.5) is 4.79 Å². The van der Waals surface area contributed by atoms with E-state index in [1.807, 2.05) is 23.1 Å². The summed E-state index contributed by atoms with van der Waals surface area (Å²) in [6.45, 7) is 2.48. The molecule has 0 atom stereocenters. The van der Waals surface area contributed by atoms with Crippen molar-refractivity contribution in [2.75, 3.05) is 26.8 Å². The zero-order chi connectivity index (χ0) is 17.4. The number of hydrogen-bond donors (Lipinski definition) is 1. The summed E-state index contributed by atoms with van der Waals surface area (Å²) in [5, 5.41) is 3.99. The highest BCUT2D eigenvalue weighted by Crippen LogP contribution is 2.48. The summed E-state index contributed by atoms with van der Waals surface area (Å²) in [5.41, 5.74) is 1.50. The molecule has 1 heterocycles. The molecule has 0 bridgehead atoms. The van der Waals surface area contributed by atoms with Gasteiger partial charge in [0.05, 0.1) is 6.61 Å². The number of benzene rings is 1. The second-order valence-electron chi connectivity index (χ2n) is 8.15. The predicted octanol–water partition coefficient (Wildman–Crippen LogP) is 4.04. The lowest BCUT2D eigenvalue weighted by Gasteiger charge is -2.56. The van der Waals surface area contributed by atoms with Crippen LogP contribution in [0.5, 0.6) is 0 Å². The largest absolute Gasteiger partial charge is 0.384 e. The minimum atomic E-state index is 0.0978. The number of hydrogen-bond acceptors (Lipinski definition) is 2. The summed E-state index contributed by atoms with van der Waals surface area (Å²) >= 11 is 6.07. The van der Waals surface area contributed by atoms with Gasteiger partial charge in [-0.05, 0) is 55.2 Å². The minimum Gasteiger partial charge on any atom is -0.384 e. The lowest BCUT2D eigenvalue weighted by molar-refractivity contribution is -0.0944. The van der Waals surface area contributed by atoms with Crippen molar-refractivity contribution in [1.82, 2.24) is 10.2 Å². The van der Waals surface area contributed by atoms with Crippen molar-refractivity contribution in [2.24, 2.45) is 11.3 Å². The number of likely N-dealkylation sites (tertiary alicyclic amines) is 1. The molecule has 0 spiro atoms. The molecule has 5 heteroatoms. The third-order valence-electron chi connectivity index (χ3n) is 6.49. The Balaban J connectivity index is 1.24. The average Bonchev–Trinajstić information content (AvgIpc) is 2.45. The van der Waals surface area contributed by atoms with Crippen LogP contribution in [0.15, 0.2) is 24.3 Å². The summed E-state index contributed by atoms with van der Waals surface area (Å²) in [6.07, 6.45) is 5.93. The summed E-state index contributed by atoms with van der Waals surface area (Å²) in [5.74, 6) is 1.26. The van der Waals surface area contributed by atoms with Crippen molar-refractivity contribution in [2.45, 2.75) is 44.1 Å². The number of rotatable bonds is 5. The molecule has 2 saturated carbocycles. The van der Waals surface area contributed by atoms with Crippen molar-refractivity contribution in [3.05, 3.63) is 34.9 Å². The third kappa shape index (κ3) is 3.26. The zero-order valence-corrected chi connectivity index (χ0v) is 15.6. The quantitative estimate of drug-likeness (QED) is 0.858. The number of carbonyl (C=O) groups excluding carboxylic acids is 1. The highest BCUT2D eigenvalue weighted by atomic mass is 35.5. The van der Waals surface area contributed by atoms with Crippen LogP contribution >= 0.6 is 11.6 Å². The summed E-state index contributed by atoms with van der Waals surface area (Å²) < 4.78 is 5.45. The van der Waals surface area contributed by atoms with Gasteiger partial charge in [0.15, 0.2) is 0 Å². The number of urea groups is 1. The smallest absolute Gasteiger partial charge is 0.317 e. The van der Waals surface area contributed by atoms with Gasteiger partial charge >= 0.3 is 6.03 Å². The highest BCUT2D eigenvalue weighted by Gasteiger charge is 2.52. The van der Waals surface area contributed by atoms with Gasteiger partial charge in [-0.1, -0.05) is 30.2 Å². The van der Waals surface area contributed by atoms with Gasteiger partial charge in [0, 0.05) is 36.7 Å². The van der Waals surface area contributed by atoms with E-state index in [4.69, 9.17) is 16.3 Å². The van der Waals surface area contributed by atoms with E-state index in [2.05, 4.69) is 11.4 Å². The highest BCUT2D eigenvalue weighted by molar-refractivity contribution is 6.30. The first kappa shape index (κ1) is 17.2. The van der Waals surface area contributed by atoms with Crippen molar-refractivity contribution < 1.29 is 9.53 Å². The van der Waals surface area contributed by atoms with Gasteiger partial charge in [-0.25, -0.2) is 4.79 Å². The van der Waals surface area contributed by atoms with Gasteiger partial charge in [-0.15, -0.1) is 0 Å². The molecule has 4 rings (SSSR count). The van der Waals surface area contributed by atoms with Crippen LogP contribution in [0.3, 0.4) is 0 Å². The van der Waals surface area contributed by atoms with Crippen LogP contribution in [0.2, 0.25) is 5.02 Å². The Morgan fingerprint density at radius 2 is 2.12 bits per heavy atom. The monoisotopic (exact) mass is 362 g/mol. The Morgan fingerprint density at radius 3 is 2.72 bits per heavy atom. The van der Waals surface area contributed by atoms with E-state index in [0.29, 0.717) is 5.92 Å². The molecule has 136 valence electrons. The van der Waals surface area contributed by atoms with Crippen LogP contribution in [0.1, 0.15) is 43.6 Å². The standard InChI is InChI=1S/C20H27ClN2O2/c1-25-13-20(16-5-3-6-16)11-23(12-20)19(24)22-18-9-15(10-18)14-4-2-7-17(21)8-14/h2,4,7-8,15-16,18H,3,5-6,9-13H2,1H3,(H,22,24). The molecule has 0 aromatic heterocycles. The van der Waals surface area contributed by atoms with E-state index < -0.39 is 0 Å². The lowest BCUT2D eigenvalue weighted by Crippen LogP contribution is -2.67. The number of amides is 2. The Hall–Kier alpha value is -1.26. The van der Waals surface area contributed by atoms with E-state index in [1.54, 1.807) is 7.11 Å². The molecule has 1 aliphatic heterocycles. The number of halogens is 1. The molecular weight excluding hydrogens is 336 g/mol. The molecule has 1 saturated heterocycles. The number of nitrogens with one attached hydrogen (secondary N) is 1. The van der Waals surface area contributed by atoms with E-state index in [1.165, 1.54) is 24.8 Å². The van der Waals surface area contributed by atoms with Gasteiger partial charge in [-0.3, -0.25) is 0 Å². The molecular formula is C20H27ClN2O2. The summed E-state index contributed by atoms with van der Waals surface area (Å²) in [4.78, 5) is 14.5. The Morgan fingerprint density at radius 1 is 1.36 bits per heavy atom. The van der Waals surface area contributed by atoms with Crippen molar-refractivity contribution >= 4 is 17.6 Å². The van der Waals surface area contributed by atoms with Crippen LogP contribution in [0, 0.1) is 11.3 Å². The fourth-order valence-electron chi connectivity index (χ4n) is 4.67. The number of nitrogens with zero attached hydrogens (tertiary/aromatic N) is 1. The molecule has 25 heavy (non-hydrogen) atoms. The molecule has 1 aromatic carbocycles. The topological polar surface area (TPSA) is 41.6 Å². The van der Waals surface area contributed by atoms with Gasteiger partial charge in [0.1, 0.15) is 0 Å². The first-order chi connectivity index (χ1) is 12.1. The first-order valence-corrected chi connectivity index (χ1v) is 9.77. The van der Waals surface area contributed by atoms with Gasteiger partial charge < -0.3 is 15.0 Å². The maximum Gasteiger partial charge on any atom is 0.317 e. The molecule has 0 unspecified atom stereocenters. The lowest BCUT2D eigenvalue weighted by atomic mass is 9.61. The summed E-state index contributed by atoms with van der Waals surface area (Å²) in [6, 6.07) is 8.46. The summed E-state index contributed by atoms with van der Waals surface area (Å²) in [7, 11) is 1.77. The fourth-order valence-corrected chi connectivity index (χ4v) is 4.87. The van der Waals surface area contributed by atoms with Crippen molar-refractivity contribution in [3.8, 4) is 0 Å². The number of ether oxygens (including phenoxy) is 1. The van der Waals surface area contributed by atoms with Crippen LogP contribution in [-0.4, -0.2) is 43.8 Å². The SMILES string of the molecule is COCC1(C2CCC2)CN(C(=O)NC2CC(c3cccc(Cl)c3)C2)C1.